The molecule has 0 unspecified atom stereocenters. The monoisotopic (exact) mass is 524 g/mol. The Kier molecular flexibility index (Phi) is 9.67. The second kappa shape index (κ2) is 12.2. The van der Waals surface area contributed by atoms with E-state index in [2.05, 4.69) is 31.3 Å². The van der Waals surface area contributed by atoms with Crippen LogP contribution in [-0.2, 0) is 23.9 Å². The van der Waals surface area contributed by atoms with Crippen molar-refractivity contribution in [3.63, 3.8) is 0 Å². The van der Waals surface area contributed by atoms with Crippen LogP contribution in [0.25, 0.3) is 0 Å². The van der Waals surface area contributed by atoms with Crippen LogP contribution in [0.5, 0.6) is 0 Å². The van der Waals surface area contributed by atoms with E-state index in [0.29, 0.717) is 32.0 Å². The van der Waals surface area contributed by atoms with Crippen LogP contribution in [0.1, 0.15) is 35.2 Å². The van der Waals surface area contributed by atoms with Crippen molar-refractivity contribution in [2.75, 3.05) is 24.4 Å². The lowest BCUT2D eigenvalue weighted by molar-refractivity contribution is -0.147. The van der Waals surface area contributed by atoms with Crippen molar-refractivity contribution in [1.82, 2.24) is 0 Å². The van der Waals surface area contributed by atoms with Gasteiger partial charge in [0.15, 0.2) is 6.61 Å². The largest absolute Gasteiger partial charge is 0.465 e. The first-order chi connectivity index (χ1) is 15.2. The summed E-state index contributed by atoms with van der Waals surface area (Å²) in [6, 6.07) is 9.62. The second-order valence-corrected chi connectivity index (χ2v) is 7.95. The molecule has 170 valence electrons. The Bertz CT molecular complexity index is 1010. The smallest absolute Gasteiger partial charge is 0.337 e. The summed E-state index contributed by atoms with van der Waals surface area (Å²) >= 11 is 9.42. The Balaban J connectivity index is 1.68. The number of anilines is 2. The molecular weight excluding hydrogens is 504 g/mol. The number of ether oxygens (including phenoxy) is 2. The fourth-order valence-corrected chi connectivity index (χ4v) is 3.21. The molecule has 32 heavy (non-hydrogen) atoms. The van der Waals surface area contributed by atoms with Crippen LogP contribution < -0.4 is 10.6 Å². The summed E-state index contributed by atoms with van der Waals surface area (Å²) in [5.74, 6) is -1.83. The number of halogens is 2. The van der Waals surface area contributed by atoms with Gasteiger partial charge in [-0.25, -0.2) is 4.79 Å². The molecule has 0 atom stereocenters. The zero-order valence-corrected chi connectivity index (χ0v) is 19.8. The zero-order chi connectivity index (χ0) is 23.7. The molecular formula is C22H22BrClN2O6. The fourth-order valence-electron chi connectivity index (χ4n) is 2.62. The minimum atomic E-state index is -0.582. The average molecular weight is 526 g/mol. The van der Waals surface area contributed by atoms with Crippen molar-refractivity contribution in [2.24, 2.45) is 0 Å². The maximum absolute atomic E-state index is 12.0. The van der Waals surface area contributed by atoms with Crippen molar-refractivity contribution < 1.29 is 28.7 Å². The van der Waals surface area contributed by atoms with Crippen molar-refractivity contribution in [2.45, 2.75) is 26.2 Å². The highest BCUT2D eigenvalue weighted by molar-refractivity contribution is 9.10. The SMILES string of the molecule is COC(=O)c1ccc(NC(=O)CCCC(=O)OCC(=O)Nc2ccc(Br)c(Cl)c2C)cc1. The molecule has 0 aliphatic carbocycles. The molecule has 2 aromatic carbocycles. The van der Waals surface area contributed by atoms with Gasteiger partial charge in [0.25, 0.3) is 5.91 Å². The number of hydrogen-bond acceptors (Lipinski definition) is 6. The lowest BCUT2D eigenvalue weighted by Crippen LogP contribution is -2.21. The molecule has 2 N–H and O–H groups in total. The summed E-state index contributed by atoms with van der Waals surface area (Å²) in [6.45, 7) is 1.32. The standard InChI is InChI=1S/C22H22BrClN2O6/c1-13-17(11-10-16(23)21(13)24)26-19(28)12-32-20(29)5-3-4-18(27)25-15-8-6-14(7-9-15)22(30)31-2/h6-11H,3-5,12H2,1-2H3,(H,25,27)(H,26,28). The third-order valence-corrected chi connectivity index (χ3v) is 5.73. The Hall–Kier alpha value is -2.91. The number of methoxy groups -OCH3 is 1. The van der Waals surface area contributed by atoms with E-state index in [-0.39, 0.29) is 25.2 Å². The highest BCUT2D eigenvalue weighted by Gasteiger charge is 2.12. The van der Waals surface area contributed by atoms with Crippen LogP contribution in [0, 0.1) is 6.92 Å². The molecule has 0 bridgehead atoms. The molecule has 0 radical (unpaired) electrons. The van der Waals surface area contributed by atoms with E-state index < -0.39 is 24.5 Å². The fraction of sp³-hybridized carbons (Fsp3) is 0.273. The van der Waals surface area contributed by atoms with Crippen LogP contribution in [0.2, 0.25) is 5.02 Å². The highest BCUT2D eigenvalue weighted by atomic mass is 79.9. The molecule has 2 rings (SSSR count). The van der Waals surface area contributed by atoms with Crippen LogP contribution in [0.3, 0.4) is 0 Å². The topological polar surface area (TPSA) is 111 Å². The second-order valence-electron chi connectivity index (χ2n) is 6.71. The average Bonchev–Trinajstić information content (AvgIpc) is 2.78. The lowest BCUT2D eigenvalue weighted by atomic mass is 10.2. The van der Waals surface area contributed by atoms with Gasteiger partial charge in [0.05, 0.1) is 17.7 Å². The van der Waals surface area contributed by atoms with Gasteiger partial charge in [-0.2, -0.15) is 0 Å². The van der Waals surface area contributed by atoms with Gasteiger partial charge in [0, 0.05) is 28.7 Å². The third kappa shape index (κ3) is 7.65. The predicted octanol–water partition coefficient (Wildman–Crippen LogP) is 4.49. The van der Waals surface area contributed by atoms with Gasteiger partial charge < -0.3 is 20.1 Å². The number of hydrogen-bond donors (Lipinski definition) is 2. The maximum Gasteiger partial charge on any atom is 0.337 e. The van der Waals surface area contributed by atoms with E-state index in [9.17, 15) is 19.2 Å². The summed E-state index contributed by atoms with van der Waals surface area (Å²) in [5, 5.41) is 5.79. The predicted molar refractivity (Wildman–Crippen MR) is 124 cm³/mol. The molecule has 0 aromatic heterocycles. The van der Waals surface area contributed by atoms with Crippen LogP contribution in [0.4, 0.5) is 11.4 Å². The van der Waals surface area contributed by atoms with Crippen LogP contribution >= 0.6 is 27.5 Å². The summed E-state index contributed by atoms with van der Waals surface area (Å²) < 4.78 is 10.3. The van der Waals surface area contributed by atoms with Gasteiger partial charge in [-0.3, -0.25) is 14.4 Å². The molecule has 0 spiro atoms. The zero-order valence-electron chi connectivity index (χ0n) is 17.5. The summed E-state index contributed by atoms with van der Waals surface area (Å²) in [5.41, 5.74) is 2.10. The summed E-state index contributed by atoms with van der Waals surface area (Å²) in [4.78, 5) is 47.2. The van der Waals surface area contributed by atoms with Gasteiger partial charge in [-0.05, 0) is 71.2 Å². The number of amides is 2. The number of rotatable bonds is 9. The summed E-state index contributed by atoms with van der Waals surface area (Å²) in [7, 11) is 1.29. The quantitative estimate of drug-likeness (QED) is 0.467. The van der Waals surface area contributed by atoms with Gasteiger partial charge in [-0.1, -0.05) is 11.6 Å². The Morgan fingerprint density at radius 3 is 2.31 bits per heavy atom. The number of esters is 2. The van der Waals surface area contributed by atoms with Gasteiger partial charge >= 0.3 is 11.9 Å². The van der Waals surface area contributed by atoms with Crippen molar-refractivity contribution >= 4 is 62.7 Å². The summed E-state index contributed by atoms with van der Waals surface area (Å²) in [6.07, 6.45) is 0.343. The van der Waals surface area contributed by atoms with Crippen molar-refractivity contribution in [1.29, 1.82) is 0 Å². The Labute approximate surface area is 198 Å². The molecule has 0 aliphatic rings. The number of carbonyl (C=O) groups is 4. The lowest BCUT2D eigenvalue weighted by Gasteiger charge is -2.11. The molecule has 8 nitrogen and oxygen atoms in total. The molecule has 2 aromatic rings. The van der Waals surface area contributed by atoms with E-state index in [1.54, 1.807) is 31.2 Å². The molecule has 0 fully saturated rings. The van der Waals surface area contributed by atoms with Crippen molar-refractivity contribution in [3.8, 4) is 0 Å². The van der Waals surface area contributed by atoms with Crippen LogP contribution in [0.15, 0.2) is 40.9 Å². The van der Waals surface area contributed by atoms with E-state index in [0.717, 1.165) is 0 Å². The molecule has 0 heterocycles. The maximum atomic E-state index is 12.0. The first kappa shape index (κ1) is 25.4. The first-order valence-corrected chi connectivity index (χ1v) is 10.8. The van der Waals surface area contributed by atoms with E-state index in [1.165, 1.54) is 19.2 Å². The Morgan fingerprint density at radius 1 is 0.969 bits per heavy atom. The minimum absolute atomic E-state index is 0.00881. The Morgan fingerprint density at radius 2 is 1.66 bits per heavy atom. The van der Waals surface area contributed by atoms with Gasteiger partial charge in [0.2, 0.25) is 5.91 Å². The number of nitrogens with one attached hydrogen (secondary N) is 2. The number of benzene rings is 2. The third-order valence-electron chi connectivity index (χ3n) is 4.35. The number of carbonyl (C=O) groups excluding carboxylic acids is 4. The minimum Gasteiger partial charge on any atom is -0.465 e. The van der Waals surface area contributed by atoms with Gasteiger partial charge in [0.1, 0.15) is 0 Å². The molecule has 0 aliphatic heterocycles. The molecule has 10 heteroatoms. The van der Waals surface area contributed by atoms with E-state index >= 15 is 0 Å². The van der Waals surface area contributed by atoms with Crippen molar-refractivity contribution in [3.05, 3.63) is 57.0 Å². The molecule has 0 saturated carbocycles. The van der Waals surface area contributed by atoms with Crippen LogP contribution in [-0.4, -0.2) is 37.5 Å². The van der Waals surface area contributed by atoms with E-state index in [4.69, 9.17) is 16.3 Å². The molecule has 2 amide bonds. The first-order valence-electron chi connectivity index (χ1n) is 9.59. The highest BCUT2D eigenvalue weighted by Crippen LogP contribution is 2.30. The molecule has 0 saturated heterocycles. The van der Waals surface area contributed by atoms with E-state index in [1.807, 2.05) is 0 Å². The normalized spacial score (nSPS) is 10.2. The van der Waals surface area contributed by atoms with Gasteiger partial charge in [-0.15, -0.1) is 0 Å².